The number of hydrogen-bond acceptors (Lipinski definition) is 5. The van der Waals surface area contributed by atoms with Crippen molar-refractivity contribution in [3.63, 3.8) is 0 Å². The Hall–Kier alpha value is -1.96. The molecule has 0 radical (unpaired) electrons. The average Bonchev–Trinajstić information content (AvgIpc) is 2.45. The highest BCUT2D eigenvalue weighted by molar-refractivity contribution is 7.81. The summed E-state index contributed by atoms with van der Waals surface area (Å²) in [4.78, 5) is 15.7. The summed E-state index contributed by atoms with van der Waals surface area (Å²) in [7, 11) is -5.13. The van der Waals surface area contributed by atoms with E-state index in [9.17, 15) is 17.1 Å². The van der Waals surface area contributed by atoms with Crippen LogP contribution in [0.1, 0.15) is 36.0 Å². The lowest BCUT2D eigenvalue weighted by atomic mass is 9.86. The summed E-state index contributed by atoms with van der Waals surface area (Å²) < 4.78 is 37.3. The van der Waals surface area contributed by atoms with Crippen molar-refractivity contribution in [3.05, 3.63) is 36.2 Å². The van der Waals surface area contributed by atoms with E-state index in [2.05, 4.69) is 21.1 Å². The zero-order chi connectivity index (χ0) is 16.2. The van der Waals surface area contributed by atoms with Crippen molar-refractivity contribution < 1.29 is 21.3 Å². The fourth-order valence-corrected chi connectivity index (χ4v) is 2.65. The lowest BCUT2D eigenvalue weighted by Gasteiger charge is -2.23. The largest absolute Gasteiger partial charge is 0.488 e. The molecule has 22 heavy (non-hydrogen) atoms. The summed E-state index contributed by atoms with van der Waals surface area (Å²) in [6, 6.07) is 1.13. The quantitative estimate of drug-likeness (QED) is 0.661. The second-order valence-electron chi connectivity index (χ2n) is 5.29. The predicted octanol–water partition coefficient (Wildman–Crippen LogP) is 2.15. The Morgan fingerprint density at radius 1 is 1.41 bits per heavy atom. The number of carbonyl (C=O) groups is 1. The van der Waals surface area contributed by atoms with Crippen LogP contribution in [0.25, 0.3) is 0 Å². The van der Waals surface area contributed by atoms with E-state index in [0.29, 0.717) is 12.5 Å². The fraction of sp³-hybridized carbons (Fsp3) is 0.429. The van der Waals surface area contributed by atoms with Gasteiger partial charge in [-0.1, -0.05) is 16.0 Å². The lowest BCUT2D eigenvalue weighted by molar-refractivity contribution is 0.0944. The third-order valence-electron chi connectivity index (χ3n) is 3.53. The Morgan fingerprint density at radius 3 is 2.73 bits per heavy atom. The van der Waals surface area contributed by atoms with Crippen LogP contribution in [-0.2, 0) is 10.5 Å². The average molecular weight is 328 g/mol. The van der Waals surface area contributed by atoms with Crippen molar-refractivity contribution >= 4 is 16.4 Å². The Balaban J connectivity index is 1.92. The minimum Gasteiger partial charge on any atom is -0.357 e. The summed E-state index contributed by atoms with van der Waals surface area (Å²) in [5, 5.41) is 2.77. The van der Waals surface area contributed by atoms with Crippen LogP contribution in [-0.4, -0.2) is 25.9 Å². The molecule has 6 nitrogen and oxygen atoms in total. The molecule has 0 spiro atoms. The molecule has 0 atom stereocenters. The van der Waals surface area contributed by atoms with Crippen molar-refractivity contribution in [2.75, 3.05) is 6.54 Å². The predicted molar refractivity (Wildman–Crippen MR) is 78.3 cm³/mol. The van der Waals surface area contributed by atoms with Crippen LogP contribution in [0.2, 0.25) is 0 Å². The van der Waals surface area contributed by atoms with Gasteiger partial charge in [-0.05, 0) is 37.7 Å². The summed E-state index contributed by atoms with van der Waals surface area (Å²) in [5.41, 5.74) is 1.35. The first-order chi connectivity index (χ1) is 10.3. The van der Waals surface area contributed by atoms with Crippen LogP contribution in [0.4, 0.5) is 3.89 Å². The molecule has 1 aromatic heterocycles. The van der Waals surface area contributed by atoms with Gasteiger partial charge in [-0.25, -0.2) is 0 Å². The van der Waals surface area contributed by atoms with Gasteiger partial charge in [0.2, 0.25) is 0 Å². The van der Waals surface area contributed by atoms with Gasteiger partial charge in [0.25, 0.3) is 5.91 Å². The highest BCUT2D eigenvalue weighted by Gasteiger charge is 2.17. The number of amides is 1. The molecule has 1 heterocycles. The van der Waals surface area contributed by atoms with E-state index in [4.69, 9.17) is 0 Å². The first-order valence-electron chi connectivity index (χ1n) is 6.87. The third-order valence-corrected chi connectivity index (χ3v) is 3.93. The molecule has 1 saturated carbocycles. The fourth-order valence-electron chi connectivity index (χ4n) is 2.33. The molecule has 2 rings (SSSR count). The van der Waals surface area contributed by atoms with Crippen molar-refractivity contribution in [2.45, 2.75) is 25.7 Å². The topological polar surface area (TPSA) is 85.4 Å². The molecule has 1 fully saturated rings. The summed E-state index contributed by atoms with van der Waals surface area (Å²) in [5.74, 6) is -0.351. The Kier molecular flexibility index (Phi) is 5.12. The van der Waals surface area contributed by atoms with Gasteiger partial charge in [-0.2, -0.15) is 8.42 Å². The Morgan fingerprint density at radius 2 is 2.09 bits per heavy atom. The van der Waals surface area contributed by atoms with Crippen LogP contribution in [0.5, 0.6) is 5.75 Å². The third kappa shape index (κ3) is 5.10. The van der Waals surface area contributed by atoms with Gasteiger partial charge in [-0.3, -0.25) is 9.78 Å². The van der Waals surface area contributed by atoms with Crippen LogP contribution in [0.3, 0.4) is 0 Å². The van der Waals surface area contributed by atoms with Gasteiger partial charge in [0, 0.05) is 12.7 Å². The van der Waals surface area contributed by atoms with E-state index in [1.54, 1.807) is 0 Å². The van der Waals surface area contributed by atoms with Gasteiger partial charge in [-0.15, -0.1) is 0 Å². The minimum atomic E-state index is -5.13. The van der Waals surface area contributed by atoms with Gasteiger partial charge >= 0.3 is 10.5 Å². The second kappa shape index (κ2) is 6.87. The molecule has 0 aliphatic heterocycles. The molecule has 1 aliphatic carbocycles. The SMILES string of the molecule is C=C1CCC(CNC(=O)c2cncc(OS(=O)(=O)F)c2)CC1. The van der Waals surface area contributed by atoms with E-state index in [1.165, 1.54) is 11.8 Å². The molecule has 0 saturated heterocycles. The first kappa shape index (κ1) is 16.4. The minimum absolute atomic E-state index is 0.112. The summed E-state index contributed by atoms with van der Waals surface area (Å²) >= 11 is 0. The van der Waals surface area contributed by atoms with Crippen LogP contribution in [0.15, 0.2) is 30.6 Å². The van der Waals surface area contributed by atoms with Crippen molar-refractivity contribution in [1.29, 1.82) is 0 Å². The molecule has 0 bridgehead atoms. The lowest BCUT2D eigenvalue weighted by Crippen LogP contribution is -2.30. The number of aromatic nitrogens is 1. The zero-order valence-electron chi connectivity index (χ0n) is 11.9. The Bertz CT molecular complexity index is 665. The van der Waals surface area contributed by atoms with Crippen LogP contribution >= 0.6 is 0 Å². The number of hydrogen-bond donors (Lipinski definition) is 1. The van der Waals surface area contributed by atoms with Crippen molar-refractivity contribution in [3.8, 4) is 5.75 Å². The standard InChI is InChI=1S/C14H17FN2O4S/c1-10-2-4-11(5-3-10)7-17-14(18)12-6-13(9-16-8-12)21-22(15,19)20/h6,8-9,11H,1-5,7H2,(H,17,18). The van der Waals surface area contributed by atoms with Crippen LogP contribution < -0.4 is 9.50 Å². The number of pyridine rings is 1. The van der Waals surface area contributed by atoms with E-state index in [0.717, 1.165) is 37.9 Å². The molecule has 1 aliphatic rings. The smallest absolute Gasteiger partial charge is 0.357 e. The molecule has 1 N–H and O–H groups in total. The zero-order valence-corrected chi connectivity index (χ0v) is 12.7. The van der Waals surface area contributed by atoms with E-state index >= 15 is 0 Å². The number of nitrogens with zero attached hydrogens (tertiary/aromatic N) is 1. The first-order valence-corrected chi connectivity index (χ1v) is 8.18. The maximum atomic E-state index is 12.4. The van der Waals surface area contributed by atoms with Gasteiger partial charge in [0.1, 0.15) is 0 Å². The van der Waals surface area contributed by atoms with Crippen molar-refractivity contribution in [2.24, 2.45) is 5.92 Å². The highest BCUT2D eigenvalue weighted by atomic mass is 32.3. The van der Waals surface area contributed by atoms with E-state index < -0.39 is 16.4 Å². The molecule has 1 amide bonds. The maximum absolute atomic E-state index is 12.4. The normalized spacial score (nSPS) is 16.3. The molecular weight excluding hydrogens is 311 g/mol. The number of carbonyl (C=O) groups excluding carboxylic acids is 1. The summed E-state index contributed by atoms with van der Waals surface area (Å²) in [6.45, 7) is 4.47. The highest BCUT2D eigenvalue weighted by Crippen LogP contribution is 2.26. The monoisotopic (exact) mass is 328 g/mol. The molecule has 1 aromatic rings. The molecule has 0 aromatic carbocycles. The molecule has 8 heteroatoms. The maximum Gasteiger partial charge on any atom is 0.488 e. The van der Waals surface area contributed by atoms with E-state index in [1.807, 2.05) is 0 Å². The van der Waals surface area contributed by atoms with Crippen LogP contribution in [0, 0.1) is 5.92 Å². The summed E-state index contributed by atoms with van der Waals surface area (Å²) in [6.07, 6.45) is 6.19. The van der Waals surface area contributed by atoms with Gasteiger partial charge < -0.3 is 9.50 Å². The molecule has 120 valence electrons. The number of halogens is 1. The molecule has 0 unspecified atom stereocenters. The number of nitrogens with one attached hydrogen (secondary N) is 1. The second-order valence-corrected chi connectivity index (χ2v) is 6.24. The Labute approximate surface area is 128 Å². The number of allylic oxidation sites excluding steroid dienone is 1. The van der Waals surface area contributed by atoms with Crippen molar-refractivity contribution in [1.82, 2.24) is 10.3 Å². The van der Waals surface area contributed by atoms with Gasteiger partial charge in [0.15, 0.2) is 5.75 Å². The molecular formula is C14H17FN2O4S. The van der Waals surface area contributed by atoms with Gasteiger partial charge in [0.05, 0.1) is 11.8 Å². The van der Waals surface area contributed by atoms with E-state index in [-0.39, 0.29) is 11.3 Å². The number of rotatable bonds is 5.